The molecule has 162 valence electrons. The highest BCUT2D eigenvalue weighted by Gasteiger charge is 2.22. The van der Waals surface area contributed by atoms with Crippen molar-refractivity contribution >= 4 is 11.4 Å². The zero-order valence-electron chi connectivity index (χ0n) is 17.9. The zero-order chi connectivity index (χ0) is 21.8. The summed E-state index contributed by atoms with van der Waals surface area (Å²) < 4.78 is 13.4. The van der Waals surface area contributed by atoms with Crippen molar-refractivity contribution in [1.82, 2.24) is 19.7 Å². The molecule has 0 aliphatic carbocycles. The first-order valence-corrected chi connectivity index (χ1v) is 10.6. The average Bonchev–Trinajstić information content (AvgIpc) is 3.22. The number of aromatic nitrogens is 4. The summed E-state index contributed by atoms with van der Waals surface area (Å²) in [6.45, 7) is 6.48. The summed E-state index contributed by atoms with van der Waals surface area (Å²) >= 11 is 0. The predicted octanol–water partition coefficient (Wildman–Crippen LogP) is 3.55. The van der Waals surface area contributed by atoms with Crippen molar-refractivity contribution in [2.45, 2.75) is 39.3 Å². The van der Waals surface area contributed by atoms with Gasteiger partial charge in [0.15, 0.2) is 0 Å². The lowest BCUT2D eigenvalue weighted by Gasteiger charge is -2.24. The van der Waals surface area contributed by atoms with Crippen LogP contribution in [0.2, 0.25) is 0 Å². The summed E-state index contributed by atoms with van der Waals surface area (Å²) in [6.07, 6.45) is 8.69. The van der Waals surface area contributed by atoms with Crippen LogP contribution in [-0.2, 0) is 11.3 Å². The van der Waals surface area contributed by atoms with Crippen molar-refractivity contribution < 1.29 is 9.47 Å². The van der Waals surface area contributed by atoms with E-state index in [4.69, 9.17) is 20.6 Å². The quantitative estimate of drug-likeness (QED) is 0.565. The molecule has 0 bridgehead atoms. The second-order valence-corrected chi connectivity index (χ2v) is 8.16. The van der Waals surface area contributed by atoms with E-state index in [1.807, 2.05) is 16.9 Å². The number of hydrogen-bond acceptors (Lipinski definition) is 7. The Kier molecular flexibility index (Phi) is 6.27. The SMILES string of the molecule is CC(C)Cn1cc(-c2cc(C(=N)c3c(N)ccnc3OC3CCOCC3)ccn2)cn1. The number of nitrogens with one attached hydrogen (secondary N) is 1. The molecule has 3 aromatic heterocycles. The minimum absolute atomic E-state index is 0.00870. The van der Waals surface area contributed by atoms with E-state index in [9.17, 15) is 0 Å². The molecule has 4 rings (SSSR count). The van der Waals surface area contributed by atoms with Crippen molar-refractivity contribution in [2.75, 3.05) is 18.9 Å². The van der Waals surface area contributed by atoms with Gasteiger partial charge in [0.25, 0.3) is 0 Å². The molecule has 0 aromatic carbocycles. The fourth-order valence-corrected chi connectivity index (χ4v) is 3.61. The summed E-state index contributed by atoms with van der Waals surface area (Å²) in [5, 5.41) is 13.3. The Morgan fingerprint density at radius 1 is 1.26 bits per heavy atom. The largest absolute Gasteiger partial charge is 0.474 e. The van der Waals surface area contributed by atoms with Crippen molar-refractivity contribution in [1.29, 1.82) is 5.41 Å². The number of nitrogens with two attached hydrogens (primary N) is 1. The molecule has 0 unspecified atom stereocenters. The molecule has 0 atom stereocenters. The Bertz CT molecular complexity index is 1060. The second-order valence-electron chi connectivity index (χ2n) is 8.16. The van der Waals surface area contributed by atoms with Gasteiger partial charge in [-0.1, -0.05) is 13.8 Å². The van der Waals surface area contributed by atoms with E-state index in [0.29, 0.717) is 41.8 Å². The molecule has 0 spiro atoms. The van der Waals surface area contributed by atoms with Crippen LogP contribution in [0.15, 0.2) is 43.0 Å². The van der Waals surface area contributed by atoms with Crippen LogP contribution in [0.5, 0.6) is 5.88 Å². The fourth-order valence-electron chi connectivity index (χ4n) is 3.61. The van der Waals surface area contributed by atoms with Crippen LogP contribution in [0.25, 0.3) is 11.3 Å². The zero-order valence-corrected chi connectivity index (χ0v) is 17.9. The van der Waals surface area contributed by atoms with Gasteiger partial charge in [0.2, 0.25) is 5.88 Å². The Labute approximate surface area is 181 Å². The first kappa shape index (κ1) is 21.0. The number of ether oxygens (including phenoxy) is 2. The number of nitrogens with zero attached hydrogens (tertiary/aromatic N) is 4. The highest BCUT2D eigenvalue weighted by molar-refractivity contribution is 6.15. The highest BCUT2D eigenvalue weighted by Crippen LogP contribution is 2.28. The number of hydrogen-bond donors (Lipinski definition) is 2. The monoisotopic (exact) mass is 420 g/mol. The molecule has 8 nitrogen and oxygen atoms in total. The lowest BCUT2D eigenvalue weighted by atomic mass is 10.0. The molecule has 0 saturated carbocycles. The van der Waals surface area contributed by atoms with E-state index in [-0.39, 0.29) is 11.8 Å². The predicted molar refractivity (Wildman–Crippen MR) is 119 cm³/mol. The van der Waals surface area contributed by atoms with E-state index in [0.717, 1.165) is 30.6 Å². The van der Waals surface area contributed by atoms with Crippen LogP contribution in [0.3, 0.4) is 0 Å². The minimum Gasteiger partial charge on any atom is -0.474 e. The van der Waals surface area contributed by atoms with Gasteiger partial charge in [0.05, 0.1) is 36.4 Å². The van der Waals surface area contributed by atoms with Crippen LogP contribution in [0.4, 0.5) is 5.69 Å². The van der Waals surface area contributed by atoms with E-state index < -0.39 is 0 Å². The van der Waals surface area contributed by atoms with Gasteiger partial charge in [-0.2, -0.15) is 5.10 Å². The second kappa shape index (κ2) is 9.26. The number of nitrogen functional groups attached to an aromatic ring is 1. The third kappa shape index (κ3) is 4.91. The van der Waals surface area contributed by atoms with Gasteiger partial charge in [-0.25, -0.2) is 4.98 Å². The van der Waals surface area contributed by atoms with Crippen LogP contribution in [0, 0.1) is 11.3 Å². The Hall–Kier alpha value is -3.26. The van der Waals surface area contributed by atoms with Crippen LogP contribution in [0.1, 0.15) is 37.8 Å². The Morgan fingerprint density at radius 3 is 2.81 bits per heavy atom. The standard InChI is InChI=1S/C23H28N6O2/c1-15(2)13-29-14-17(12-28-29)20-11-16(3-7-26-20)22(25)21-19(24)4-8-27-23(21)31-18-5-9-30-10-6-18/h3-4,7-8,11-12,14-15,18,25H,5-6,9-10,13H2,1-2H3,(H2,24,27). The molecule has 3 aromatic rings. The highest BCUT2D eigenvalue weighted by atomic mass is 16.5. The Morgan fingerprint density at radius 2 is 2.03 bits per heavy atom. The van der Waals surface area contributed by atoms with Gasteiger partial charge in [0.1, 0.15) is 6.10 Å². The van der Waals surface area contributed by atoms with Crippen LogP contribution >= 0.6 is 0 Å². The molecule has 0 amide bonds. The van der Waals surface area contributed by atoms with Gasteiger partial charge in [0, 0.05) is 54.8 Å². The molecule has 3 N–H and O–H groups in total. The molecule has 0 radical (unpaired) electrons. The molecular weight excluding hydrogens is 392 g/mol. The first-order valence-electron chi connectivity index (χ1n) is 10.6. The van der Waals surface area contributed by atoms with E-state index in [1.54, 1.807) is 30.7 Å². The van der Waals surface area contributed by atoms with Crippen molar-refractivity contribution in [3.63, 3.8) is 0 Å². The maximum atomic E-state index is 8.85. The molecule has 1 aliphatic rings. The molecular formula is C23H28N6O2. The summed E-state index contributed by atoms with van der Waals surface area (Å²) in [6, 6.07) is 5.37. The van der Waals surface area contributed by atoms with Gasteiger partial charge in [-0.05, 0) is 24.1 Å². The molecule has 1 saturated heterocycles. The summed E-state index contributed by atoms with van der Waals surface area (Å²) in [4.78, 5) is 8.85. The average molecular weight is 421 g/mol. The van der Waals surface area contributed by atoms with Crippen molar-refractivity contribution in [3.8, 4) is 17.1 Å². The first-order chi connectivity index (χ1) is 15.0. The lowest BCUT2D eigenvalue weighted by molar-refractivity contribution is 0.0237. The maximum absolute atomic E-state index is 8.85. The fraction of sp³-hybridized carbons (Fsp3) is 0.391. The van der Waals surface area contributed by atoms with E-state index in [2.05, 4.69) is 28.9 Å². The lowest BCUT2D eigenvalue weighted by Crippen LogP contribution is -2.27. The van der Waals surface area contributed by atoms with Crippen molar-refractivity contribution in [2.24, 2.45) is 5.92 Å². The third-order valence-corrected chi connectivity index (χ3v) is 5.17. The van der Waals surface area contributed by atoms with E-state index >= 15 is 0 Å². The van der Waals surface area contributed by atoms with Crippen LogP contribution < -0.4 is 10.5 Å². The Balaban J connectivity index is 1.61. The van der Waals surface area contributed by atoms with Gasteiger partial charge < -0.3 is 15.2 Å². The molecule has 8 heteroatoms. The summed E-state index contributed by atoms with van der Waals surface area (Å²) in [5.41, 5.74) is 9.83. The van der Waals surface area contributed by atoms with Crippen molar-refractivity contribution in [3.05, 3.63) is 54.1 Å². The van der Waals surface area contributed by atoms with Gasteiger partial charge >= 0.3 is 0 Å². The molecule has 1 aliphatic heterocycles. The minimum atomic E-state index is 0.00870. The van der Waals surface area contributed by atoms with Gasteiger partial charge in [-0.3, -0.25) is 15.1 Å². The molecule has 4 heterocycles. The summed E-state index contributed by atoms with van der Waals surface area (Å²) in [7, 11) is 0. The van der Waals surface area contributed by atoms with Crippen LogP contribution in [-0.4, -0.2) is 44.8 Å². The maximum Gasteiger partial charge on any atom is 0.225 e. The summed E-state index contributed by atoms with van der Waals surface area (Å²) in [5.74, 6) is 0.892. The number of anilines is 1. The van der Waals surface area contributed by atoms with E-state index in [1.165, 1.54) is 0 Å². The topological polar surface area (TPSA) is 112 Å². The number of pyridine rings is 2. The number of rotatable bonds is 7. The smallest absolute Gasteiger partial charge is 0.225 e. The third-order valence-electron chi connectivity index (χ3n) is 5.17. The molecule has 31 heavy (non-hydrogen) atoms. The molecule has 1 fully saturated rings. The normalized spacial score (nSPS) is 14.7. The van der Waals surface area contributed by atoms with Gasteiger partial charge in [-0.15, -0.1) is 0 Å².